The average Bonchev–Trinajstić information content (AvgIpc) is 3.26. The number of esters is 1. The quantitative estimate of drug-likeness (QED) is 0.143. The van der Waals surface area contributed by atoms with Gasteiger partial charge in [0.2, 0.25) is 0 Å². The van der Waals surface area contributed by atoms with Crippen LogP contribution in [0.15, 0.2) is 75.7 Å². The van der Waals surface area contributed by atoms with Crippen molar-refractivity contribution in [1.29, 1.82) is 0 Å². The molecule has 5 rings (SSSR count). The van der Waals surface area contributed by atoms with Crippen LogP contribution in [0, 0.1) is 3.57 Å². The number of halogens is 4. The Kier molecular flexibility index (Phi) is 9.87. The maximum Gasteiger partial charge on any atom is 0.338 e. The molecule has 3 aromatic carbocycles. The molecule has 0 N–H and O–H groups in total. The summed E-state index contributed by atoms with van der Waals surface area (Å²) in [4.78, 5) is 32.1. The molecule has 0 saturated heterocycles. The largest absolute Gasteiger partial charge is 0.493 e. The normalized spacial score (nSPS) is 14.8. The van der Waals surface area contributed by atoms with Crippen LogP contribution < -0.4 is 24.4 Å². The van der Waals surface area contributed by atoms with E-state index in [9.17, 15) is 9.59 Å². The van der Waals surface area contributed by atoms with Gasteiger partial charge in [-0.15, -0.1) is 0 Å². The Morgan fingerprint density at radius 3 is 2.49 bits per heavy atom. The molecule has 1 aliphatic rings. The van der Waals surface area contributed by atoms with E-state index in [4.69, 9.17) is 49.0 Å². The smallest absolute Gasteiger partial charge is 0.338 e. The predicted molar refractivity (Wildman–Crippen MR) is 178 cm³/mol. The van der Waals surface area contributed by atoms with Gasteiger partial charge in [0.05, 0.1) is 39.1 Å². The molecular formula is C31H24Cl3IN2O5S. The SMILES string of the molecule is CCOC(=O)C1=C(C)N=c2s/c(=C\c3cc(I)c(OCc4ccc(Cl)cc4Cl)c(OC)c3)c(=O)n2[C@@H]1c1ccc(Cl)cc1. The number of benzene rings is 3. The first-order valence-corrected chi connectivity index (χ1v) is 16.0. The van der Waals surface area contributed by atoms with Gasteiger partial charge in [-0.25, -0.2) is 9.79 Å². The van der Waals surface area contributed by atoms with Gasteiger partial charge in [-0.3, -0.25) is 9.36 Å². The molecule has 0 unspecified atom stereocenters. The van der Waals surface area contributed by atoms with E-state index in [1.54, 1.807) is 69.5 Å². The van der Waals surface area contributed by atoms with Gasteiger partial charge in [0.25, 0.3) is 5.56 Å². The molecule has 12 heteroatoms. The summed E-state index contributed by atoms with van der Waals surface area (Å²) < 4.78 is 19.8. The Labute approximate surface area is 280 Å². The molecule has 7 nitrogen and oxygen atoms in total. The summed E-state index contributed by atoms with van der Waals surface area (Å²) >= 11 is 21.9. The number of thiazole rings is 1. The third-order valence-corrected chi connectivity index (χ3v) is 9.26. The Bertz CT molecular complexity index is 1940. The van der Waals surface area contributed by atoms with Crippen molar-refractivity contribution in [2.75, 3.05) is 13.7 Å². The number of hydrogen-bond acceptors (Lipinski definition) is 7. The minimum Gasteiger partial charge on any atom is -0.493 e. The number of aromatic nitrogens is 1. The minimum atomic E-state index is -0.722. The Balaban J connectivity index is 1.56. The van der Waals surface area contributed by atoms with Gasteiger partial charge in [0.1, 0.15) is 6.61 Å². The predicted octanol–water partition coefficient (Wildman–Crippen LogP) is 6.95. The molecule has 0 radical (unpaired) electrons. The number of carbonyl (C=O) groups is 1. The number of nitrogens with zero attached hydrogens (tertiary/aromatic N) is 2. The summed E-state index contributed by atoms with van der Waals surface area (Å²) in [6.45, 7) is 3.89. The number of ether oxygens (including phenoxy) is 3. The molecule has 0 spiro atoms. The van der Waals surface area contributed by atoms with Crippen LogP contribution in [0.5, 0.6) is 11.5 Å². The number of allylic oxidation sites excluding steroid dienone is 1. The second-order valence-electron chi connectivity index (χ2n) is 9.41. The first-order chi connectivity index (χ1) is 20.6. The van der Waals surface area contributed by atoms with Gasteiger partial charge in [-0.1, -0.05) is 64.3 Å². The lowest BCUT2D eigenvalue weighted by molar-refractivity contribution is -0.139. The zero-order valence-corrected chi connectivity index (χ0v) is 28.4. The summed E-state index contributed by atoms with van der Waals surface area (Å²) in [5, 5.41) is 1.59. The highest BCUT2D eigenvalue weighted by Gasteiger charge is 2.33. The molecule has 1 aromatic heterocycles. The molecule has 0 aliphatic carbocycles. The molecule has 222 valence electrons. The molecule has 0 amide bonds. The lowest BCUT2D eigenvalue weighted by Gasteiger charge is -2.24. The third kappa shape index (κ3) is 6.66. The summed E-state index contributed by atoms with van der Waals surface area (Å²) in [5.74, 6) is 0.522. The van der Waals surface area contributed by atoms with Crippen molar-refractivity contribution in [3.8, 4) is 11.5 Å². The van der Waals surface area contributed by atoms with Gasteiger partial charge in [0, 0.05) is 20.6 Å². The lowest BCUT2D eigenvalue weighted by Crippen LogP contribution is -2.39. The average molecular weight is 770 g/mol. The Morgan fingerprint density at radius 1 is 1.09 bits per heavy atom. The van der Waals surface area contributed by atoms with Gasteiger partial charge < -0.3 is 14.2 Å². The van der Waals surface area contributed by atoms with Crippen molar-refractivity contribution in [3.05, 3.63) is 121 Å². The highest BCUT2D eigenvalue weighted by molar-refractivity contribution is 14.1. The van der Waals surface area contributed by atoms with Crippen LogP contribution in [0.2, 0.25) is 15.1 Å². The Morgan fingerprint density at radius 2 is 1.81 bits per heavy atom. The number of fused-ring (bicyclic) bond motifs is 1. The van der Waals surface area contributed by atoms with E-state index in [2.05, 4.69) is 27.6 Å². The summed E-state index contributed by atoms with van der Waals surface area (Å²) in [5.41, 5.74) is 2.73. The van der Waals surface area contributed by atoms with Gasteiger partial charge in [-0.2, -0.15) is 0 Å². The number of methoxy groups -OCH3 is 1. The molecule has 4 aromatic rings. The van der Waals surface area contributed by atoms with Crippen LogP contribution in [0.4, 0.5) is 0 Å². The monoisotopic (exact) mass is 768 g/mol. The molecule has 0 fully saturated rings. The second kappa shape index (κ2) is 13.4. The molecule has 43 heavy (non-hydrogen) atoms. The van der Waals surface area contributed by atoms with Crippen LogP contribution in [0.1, 0.15) is 36.6 Å². The van der Waals surface area contributed by atoms with Gasteiger partial charge in [0.15, 0.2) is 16.3 Å². The van der Waals surface area contributed by atoms with Crippen molar-refractivity contribution in [2.24, 2.45) is 4.99 Å². The van der Waals surface area contributed by atoms with Gasteiger partial charge in [-0.05, 0) is 90.0 Å². The van der Waals surface area contributed by atoms with Crippen LogP contribution in [0.25, 0.3) is 6.08 Å². The van der Waals surface area contributed by atoms with Gasteiger partial charge >= 0.3 is 5.97 Å². The van der Waals surface area contributed by atoms with Crippen molar-refractivity contribution >= 4 is 80.8 Å². The molecular weight excluding hydrogens is 746 g/mol. The maximum absolute atomic E-state index is 13.9. The van der Waals surface area contributed by atoms with E-state index >= 15 is 0 Å². The van der Waals surface area contributed by atoms with Crippen LogP contribution in [-0.2, 0) is 16.1 Å². The number of hydrogen-bond donors (Lipinski definition) is 0. The fourth-order valence-electron chi connectivity index (χ4n) is 4.66. The van der Waals surface area contributed by atoms with Crippen molar-refractivity contribution in [1.82, 2.24) is 4.57 Å². The van der Waals surface area contributed by atoms with E-state index in [1.807, 2.05) is 12.1 Å². The molecule has 0 bridgehead atoms. The van der Waals surface area contributed by atoms with Crippen molar-refractivity contribution < 1.29 is 19.0 Å². The second-order valence-corrected chi connectivity index (χ2v) is 12.9. The van der Waals surface area contributed by atoms with Crippen LogP contribution in [0.3, 0.4) is 0 Å². The standard InChI is InChI=1S/C31H24Cl3IN2O5S/c1-4-41-30(39)26-16(2)36-31-37(27(26)18-5-8-20(32)9-6-18)29(38)25(43-31)13-17-11-23(35)28(24(12-17)40-3)42-15-19-7-10-21(33)14-22(19)34/h5-14,27H,4,15H2,1-3H3/b25-13-/t27-/m1/s1. The number of carbonyl (C=O) groups excluding carboxylic acids is 1. The van der Waals surface area contributed by atoms with Crippen molar-refractivity contribution in [2.45, 2.75) is 26.5 Å². The molecule has 1 atom stereocenters. The van der Waals surface area contributed by atoms with Crippen LogP contribution in [-0.4, -0.2) is 24.3 Å². The van der Waals surface area contributed by atoms with Crippen molar-refractivity contribution in [3.63, 3.8) is 0 Å². The highest BCUT2D eigenvalue weighted by atomic mass is 127. The van der Waals surface area contributed by atoms with E-state index in [0.29, 0.717) is 52.7 Å². The van der Waals surface area contributed by atoms with E-state index < -0.39 is 12.0 Å². The first kappa shape index (κ1) is 31.6. The summed E-state index contributed by atoms with van der Waals surface area (Å²) in [6.07, 6.45) is 1.77. The van der Waals surface area contributed by atoms with E-state index in [0.717, 1.165) is 14.7 Å². The van der Waals surface area contributed by atoms with Crippen LogP contribution >= 0.6 is 68.7 Å². The fraction of sp³-hybridized carbons (Fsp3) is 0.194. The number of rotatable bonds is 8. The molecule has 0 saturated carbocycles. The Hall–Kier alpha value is -2.83. The maximum atomic E-state index is 13.9. The summed E-state index contributed by atoms with van der Waals surface area (Å²) in [7, 11) is 1.55. The highest BCUT2D eigenvalue weighted by Crippen LogP contribution is 2.36. The first-order valence-electron chi connectivity index (χ1n) is 13.0. The minimum absolute atomic E-state index is 0.195. The fourth-order valence-corrected chi connectivity index (χ4v) is 7.07. The van der Waals surface area contributed by atoms with E-state index in [-0.39, 0.29) is 18.8 Å². The molecule has 2 heterocycles. The van der Waals surface area contributed by atoms with E-state index in [1.165, 1.54) is 15.9 Å². The molecule has 1 aliphatic heterocycles. The zero-order chi connectivity index (χ0) is 30.8. The topological polar surface area (TPSA) is 79.1 Å². The zero-order valence-electron chi connectivity index (χ0n) is 23.1. The third-order valence-electron chi connectivity index (χ3n) is 6.64. The summed E-state index contributed by atoms with van der Waals surface area (Å²) in [6, 6.07) is 15.2. The lowest BCUT2D eigenvalue weighted by atomic mass is 9.96.